The molecule has 1 heterocycles. The summed E-state index contributed by atoms with van der Waals surface area (Å²) in [4.78, 5) is 14.0. The Bertz CT molecular complexity index is 907. The maximum absolute atomic E-state index is 17.5. The Morgan fingerprint density at radius 3 is 1.84 bits per heavy atom. The average Bonchev–Trinajstić information content (AvgIpc) is 2.68. The molecule has 25 heavy (non-hydrogen) atoms. The number of nitrogens with zero attached hydrogens (tertiary/aromatic N) is 1. The van der Waals surface area contributed by atoms with Crippen LogP contribution in [0, 0.1) is 0 Å². The number of fused-ring (bicyclic) bond motifs is 1. The van der Waals surface area contributed by atoms with Crippen LogP contribution in [0.3, 0.4) is 0 Å². The van der Waals surface area contributed by atoms with Gasteiger partial charge in [0.25, 0.3) is 0 Å². The SMILES string of the molecule is CN1C(=O)OP(F)(c2ccccc2)(c2ccccc2)c2ccccc21. The van der Waals surface area contributed by atoms with E-state index in [9.17, 15) is 4.79 Å². The molecule has 4 rings (SSSR count). The number of carbonyl (C=O) groups excluding carboxylic acids is 1. The van der Waals surface area contributed by atoms with Gasteiger partial charge in [-0.25, -0.2) is 0 Å². The third-order valence-electron chi connectivity index (χ3n) is 4.63. The predicted molar refractivity (Wildman–Crippen MR) is 101 cm³/mol. The summed E-state index contributed by atoms with van der Waals surface area (Å²) in [5.41, 5.74) is 0.534. The number of amides is 1. The molecule has 3 aromatic rings. The maximum atomic E-state index is 17.5. The minimum atomic E-state index is -4.86. The Morgan fingerprint density at radius 2 is 1.28 bits per heavy atom. The van der Waals surface area contributed by atoms with Crippen LogP contribution in [0.1, 0.15) is 0 Å². The zero-order chi connectivity index (χ0) is 17.5. The molecule has 1 amide bonds. The number of para-hydroxylation sites is 1. The fourth-order valence-electron chi connectivity index (χ4n) is 3.36. The third kappa shape index (κ3) is 2.04. The van der Waals surface area contributed by atoms with Gasteiger partial charge >= 0.3 is 145 Å². The number of hydrogen-bond acceptors (Lipinski definition) is 2. The minimum absolute atomic E-state index is 0.383. The van der Waals surface area contributed by atoms with Crippen molar-refractivity contribution in [2.75, 3.05) is 11.9 Å². The van der Waals surface area contributed by atoms with Crippen LogP contribution in [0.15, 0.2) is 84.9 Å². The molecule has 1 aliphatic rings. The van der Waals surface area contributed by atoms with E-state index in [1.807, 2.05) is 12.1 Å². The van der Waals surface area contributed by atoms with Gasteiger partial charge in [0.2, 0.25) is 0 Å². The van der Waals surface area contributed by atoms with Gasteiger partial charge in [-0.2, -0.15) is 0 Å². The fraction of sp³-hybridized carbons (Fsp3) is 0.0500. The Balaban J connectivity index is 2.18. The molecule has 0 fully saturated rings. The first-order chi connectivity index (χ1) is 12.1. The molecule has 0 spiro atoms. The Kier molecular flexibility index (Phi) is 3.41. The molecule has 3 nitrogen and oxygen atoms in total. The Morgan fingerprint density at radius 1 is 0.800 bits per heavy atom. The van der Waals surface area contributed by atoms with Crippen LogP contribution in [0.2, 0.25) is 0 Å². The van der Waals surface area contributed by atoms with E-state index in [4.69, 9.17) is 4.52 Å². The van der Waals surface area contributed by atoms with E-state index in [0.29, 0.717) is 21.6 Å². The monoisotopic (exact) mass is 353 g/mol. The summed E-state index contributed by atoms with van der Waals surface area (Å²) < 4.78 is 23.2. The number of benzene rings is 3. The molecule has 0 radical (unpaired) electrons. The summed E-state index contributed by atoms with van der Waals surface area (Å²) in [5.74, 6) is 0. The normalized spacial score (nSPS) is 19.2. The first kappa shape index (κ1) is 15.8. The molecule has 0 aliphatic carbocycles. The van der Waals surface area contributed by atoms with E-state index in [-0.39, 0.29) is 0 Å². The van der Waals surface area contributed by atoms with E-state index >= 15 is 4.20 Å². The van der Waals surface area contributed by atoms with E-state index in [1.54, 1.807) is 79.8 Å². The van der Waals surface area contributed by atoms with Crippen LogP contribution in [-0.4, -0.2) is 13.1 Å². The quantitative estimate of drug-likeness (QED) is 0.654. The van der Waals surface area contributed by atoms with Crippen molar-refractivity contribution in [3.05, 3.63) is 84.9 Å². The number of hydrogen-bond donors (Lipinski definition) is 0. The number of carbonyl (C=O) groups is 1. The van der Waals surface area contributed by atoms with E-state index < -0.39 is 13.2 Å². The van der Waals surface area contributed by atoms with Crippen molar-refractivity contribution >= 4 is 34.8 Å². The predicted octanol–water partition coefficient (Wildman–Crippen LogP) is 3.90. The standard InChI is InChI=1S/C20H17FNO2P/c1-22-18-14-8-9-15-19(18)25(21,24-20(22)23,16-10-4-2-5-11-16)17-12-6-3-7-13-17/h2-15H,1H3. The Hall–Kier alpha value is -2.71. The zero-order valence-corrected chi connectivity index (χ0v) is 14.6. The first-order valence-electron chi connectivity index (χ1n) is 7.97. The van der Waals surface area contributed by atoms with Gasteiger partial charge in [-0.05, 0) is 0 Å². The molecule has 5 heteroatoms. The average molecular weight is 353 g/mol. The zero-order valence-electron chi connectivity index (χ0n) is 13.7. The molecule has 126 valence electrons. The summed E-state index contributed by atoms with van der Waals surface area (Å²) in [5, 5.41) is 1.18. The third-order valence-corrected chi connectivity index (χ3v) is 8.81. The van der Waals surface area contributed by atoms with Crippen LogP contribution in [0.5, 0.6) is 0 Å². The van der Waals surface area contributed by atoms with Crippen LogP contribution in [0.4, 0.5) is 14.7 Å². The fourth-order valence-corrected chi connectivity index (χ4v) is 7.34. The van der Waals surface area contributed by atoms with Gasteiger partial charge in [-0.3, -0.25) is 0 Å². The summed E-state index contributed by atoms with van der Waals surface area (Å²) in [6, 6.07) is 24.5. The summed E-state index contributed by atoms with van der Waals surface area (Å²) in [6.07, 6.45) is -0.688. The van der Waals surface area contributed by atoms with E-state index in [2.05, 4.69) is 0 Å². The van der Waals surface area contributed by atoms with Gasteiger partial charge in [0.15, 0.2) is 0 Å². The molecule has 0 aromatic heterocycles. The van der Waals surface area contributed by atoms with Crippen molar-refractivity contribution in [1.82, 2.24) is 0 Å². The topological polar surface area (TPSA) is 29.5 Å². The molecule has 0 saturated heterocycles. The molecule has 0 unspecified atom stereocenters. The molecule has 0 N–H and O–H groups in total. The molecule has 0 atom stereocenters. The van der Waals surface area contributed by atoms with Gasteiger partial charge in [0, 0.05) is 0 Å². The van der Waals surface area contributed by atoms with Crippen LogP contribution < -0.4 is 20.8 Å². The summed E-state index contributed by atoms with van der Waals surface area (Å²) >= 11 is 0. The molecular formula is C20H17FNO2P. The number of anilines is 1. The second kappa shape index (κ2) is 5.40. The van der Waals surface area contributed by atoms with Gasteiger partial charge in [-0.15, -0.1) is 0 Å². The van der Waals surface area contributed by atoms with Gasteiger partial charge in [0.05, 0.1) is 0 Å². The van der Waals surface area contributed by atoms with E-state index in [0.717, 1.165) is 0 Å². The summed E-state index contributed by atoms with van der Waals surface area (Å²) in [7, 11) is -3.27. The van der Waals surface area contributed by atoms with Crippen LogP contribution in [0.25, 0.3) is 0 Å². The molecular weight excluding hydrogens is 336 g/mol. The van der Waals surface area contributed by atoms with Gasteiger partial charge in [0.1, 0.15) is 0 Å². The second-order valence-corrected chi connectivity index (χ2v) is 9.57. The molecule has 3 aromatic carbocycles. The van der Waals surface area contributed by atoms with Crippen LogP contribution in [-0.2, 0) is 4.52 Å². The summed E-state index contributed by atoms with van der Waals surface area (Å²) in [6.45, 7) is 0. The van der Waals surface area contributed by atoms with Gasteiger partial charge in [-0.1, -0.05) is 0 Å². The first-order valence-corrected chi connectivity index (χ1v) is 10.0. The molecule has 1 aliphatic heterocycles. The van der Waals surface area contributed by atoms with Gasteiger partial charge < -0.3 is 0 Å². The molecule has 0 saturated carbocycles. The van der Waals surface area contributed by atoms with Crippen molar-refractivity contribution in [3.63, 3.8) is 0 Å². The van der Waals surface area contributed by atoms with Crippen molar-refractivity contribution in [2.24, 2.45) is 0 Å². The number of halogens is 1. The van der Waals surface area contributed by atoms with E-state index in [1.165, 1.54) is 4.90 Å². The molecule has 0 bridgehead atoms. The van der Waals surface area contributed by atoms with Crippen LogP contribution >= 0.6 is 7.14 Å². The van der Waals surface area contributed by atoms with Crippen molar-refractivity contribution < 1.29 is 13.5 Å². The Labute approximate surface area is 145 Å². The second-order valence-electron chi connectivity index (χ2n) is 6.01. The van der Waals surface area contributed by atoms with Crippen molar-refractivity contribution in [2.45, 2.75) is 0 Å². The number of rotatable bonds is 2. The van der Waals surface area contributed by atoms with Crippen molar-refractivity contribution in [1.29, 1.82) is 0 Å². The van der Waals surface area contributed by atoms with Crippen molar-refractivity contribution in [3.8, 4) is 0 Å².